The molecule has 86 valence electrons. The van der Waals surface area contributed by atoms with Crippen molar-refractivity contribution in [3.05, 3.63) is 29.3 Å². The minimum absolute atomic E-state index is 0.109. The van der Waals surface area contributed by atoms with Crippen molar-refractivity contribution < 1.29 is 19.4 Å². The second-order valence-electron chi connectivity index (χ2n) is 3.75. The van der Waals surface area contributed by atoms with Gasteiger partial charge in [0.1, 0.15) is 5.75 Å². The van der Waals surface area contributed by atoms with Gasteiger partial charge in [-0.15, -0.1) is 0 Å². The number of aryl methyl sites for hydroxylation is 1. The molecule has 4 nitrogen and oxygen atoms in total. The molecule has 0 heterocycles. The van der Waals surface area contributed by atoms with E-state index in [4.69, 9.17) is 9.84 Å². The first kappa shape index (κ1) is 12.2. The topological polar surface area (TPSA) is 63.6 Å². The molecule has 0 bridgehead atoms. The SMILES string of the molecule is Cc1cccc(OC(C)C)c1C(=O)C(=O)O. The third kappa shape index (κ3) is 2.59. The number of aliphatic carboxylic acids is 1. The summed E-state index contributed by atoms with van der Waals surface area (Å²) in [6.45, 7) is 5.32. The van der Waals surface area contributed by atoms with Gasteiger partial charge in [0.05, 0.1) is 11.7 Å². The summed E-state index contributed by atoms with van der Waals surface area (Å²) < 4.78 is 5.41. The van der Waals surface area contributed by atoms with Crippen LogP contribution in [-0.4, -0.2) is 23.0 Å². The number of benzene rings is 1. The number of ether oxygens (including phenoxy) is 1. The average Bonchev–Trinajstić information content (AvgIpc) is 2.16. The Kier molecular flexibility index (Phi) is 3.66. The van der Waals surface area contributed by atoms with E-state index >= 15 is 0 Å². The number of hydrogen-bond acceptors (Lipinski definition) is 3. The van der Waals surface area contributed by atoms with Crippen molar-refractivity contribution in [2.45, 2.75) is 26.9 Å². The maximum atomic E-state index is 11.5. The number of carbonyl (C=O) groups excluding carboxylic acids is 1. The molecule has 0 aliphatic carbocycles. The molecule has 0 aliphatic rings. The first-order valence-corrected chi connectivity index (χ1v) is 4.97. The van der Waals surface area contributed by atoms with Crippen LogP contribution in [0.1, 0.15) is 29.8 Å². The summed E-state index contributed by atoms with van der Waals surface area (Å²) in [7, 11) is 0. The molecule has 0 atom stereocenters. The van der Waals surface area contributed by atoms with Gasteiger partial charge in [0.2, 0.25) is 0 Å². The summed E-state index contributed by atoms with van der Waals surface area (Å²) in [6.07, 6.45) is -0.109. The number of Topliss-reactive ketones (excluding diaryl/α,β-unsaturated/α-hetero) is 1. The van der Waals surface area contributed by atoms with Gasteiger partial charge in [0, 0.05) is 0 Å². The van der Waals surface area contributed by atoms with Crippen LogP contribution < -0.4 is 4.74 Å². The van der Waals surface area contributed by atoms with Gasteiger partial charge in [-0.2, -0.15) is 0 Å². The largest absolute Gasteiger partial charge is 0.490 e. The van der Waals surface area contributed by atoms with E-state index in [9.17, 15) is 9.59 Å². The second-order valence-corrected chi connectivity index (χ2v) is 3.75. The average molecular weight is 222 g/mol. The number of carboxylic acids is 1. The number of ketones is 1. The summed E-state index contributed by atoms with van der Waals surface area (Å²) >= 11 is 0. The fourth-order valence-corrected chi connectivity index (χ4v) is 1.39. The van der Waals surface area contributed by atoms with E-state index in [0.29, 0.717) is 11.3 Å². The lowest BCUT2D eigenvalue weighted by molar-refractivity contribution is -0.131. The van der Waals surface area contributed by atoms with Crippen molar-refractivity contribution >= 4 is 11.8 Å². The third-order valence-electron chi connectivity index (χ3n) is 2.02. The number of hydrogen-bond donors (Lipinski definition) is 1. The zero-order chi connectivity index (χ0) is 12.3. The molecule has 0 fully saturated rings. The molecule has 0 amide bonds. The molecular weight excluding hydrogens is 208 g/mol. The number of carbonyl (C=O) groups is 2. The van der Waals surface area contributed by atoms with Crippen LogP contribution in [0.3, 0.4) is 0 Å². The number of rotatable bonds is 4. The van der Waals surface area contributed by atoms with Crippen molar-refractivity contribution in [3.63, 3.8) is 0 Å². The molecule has 1 N–H and O–H groups in total. The lowest BCUT2D eigenvalue weighted by Gasteiger charge is -2.14. The normalized spacial score (nSPS) is 10.2. The van der Waals surface area contributed by atoms with Crippen LogP contribution in [0.5, 0.6) is 5.75 Å². The quantitative estimate of drug-likeness (QED) is 0.625. The molecular formula is C12H14O4. The van der Waals surface area contributed by atoms with Gasteiger partial charge in [-0.3, -0.25) is 4.79 Å². The maximum absolute atomic E-state index is 11.5. The van der Waals surface area contributed by atoms with Crippen molar-refractivity contribution in [3.8, 4) is 5.75 Å². The summed E-state index contributed by atoms with van der Waals surface area (Å²) in [5.74, 6) is -2.08. The molecule has 4 heteroatoms. The Balaban J connectivity index is 3.23. The molecule has 1 aromatic rings. The first-order chi connectivity index (χ1) is 7.43. The van der Waals surface area contributed by atoms with E-state index in [1.54, 1.807) is 25.1 Å². The van der Waals surface area contributed by atoms with E-state index in [0.717, 1.165) is 0 Å². The van der Waals surface area contributed by atoms with Crippen molar-refractivity contribution in [2.24, 2.45) is 0 Å². The highest BCUT2D eigenvalue weighted by Crippen LogP contribution is 2.23. The summed E-state index contributed by atoms with van der Waals surface area (Å²) in [5.41, 5.74) is 0.731. The highest BCUT2D eigenvalue weighted by atomic mass is 16.5. The fraction of sp³-hybridized carbons (Fsp3) is 0.333. The Morgan fingerprint density at radius 1 is 1.31 bits per heavy atom. The maximum Gasteiger partial charge on any atom is 0.377 e. The zero-order valence-corrected chi connectivity index (χ0v) is 9.48. The van der Waals surface area contributed by atoms with Gasteiger partial charge in [-0.1, -0.05) is 12.1 Å². The zero-order valence-electron chi connectivity index (χ0n) is 9.48. The van der Waals surface area contributed by atoms with E-state index in [2.05, 4.69) is 0 Å². The van der Waals surface area contributed by atoms with Crippen molar-refractivity contribution in [1.29, 1.82) is 0 Å². The minimum Gasteiger partial charge on any atom is -0.490 e. The minimum atomic E-state index is -1.47. The molecule has 0 aliphatic heterocycles. The Morgan fingerprint density at radius 2 is 1.94 bits per heavy atom. The van der Waals surface area contributed by atoms with Gasteiger partial charge in [-0.05, 0) is 32.4 Å². The molecule has 0 unspecified atom stereocenters. The molecule has 0 saturated carbocycles. The fourth-order valence-electron chi connectivity index (χ4n) is 1.39. The molecule has 0 radical (unpaired) electrons. The van der Waals surface area contributed by atoms with Gasteiger partial charge < -0.3 is 9.84 Å². The van der Waals surface area contributed by atoms with E-state index in [1.807, 2.05) is 13.8 Å². The second kappa shape index (κ2) is 4.79. The van der Waals surface area contributed by atoms with E-state index in [-0.39, 0.29) is 11.7 Å². The summed E-state index contributed by atoms with van der Waals surface area (Å²) in [5, 5.41) is 8.71. The third-order valence-corrected chi connectivity index (χ3v) is 2.02. The Hall–Kier alpha value is -1.84. The Labute approximate surface area is 93.9 Å². The smallest absolute Gasteiger partial charge is 0.377 e. The Bertz CT molecular complexity index is 421. The van der Waals surface area contributed by atoms with Crippen LogP contribution in [0.2, 0.25) is 0 Å². The molecule has 0 spiro atoms. The lowest BCUT2D eigenvalue weighted by atomic mass is 10.0. The first-order valence-electron chi connectivity index (χ1n) is 4.97. The Morgan fingerprint density at radius 3 is 2.44 bits per heavy atom. The van der Waals surface area contributed by atoms with Gasteiger partial charge in [-0.25, -0.2) is 4.79 Å². The van der Waals surface area contributed by atoms with Crippen molar-refractivity contribution in [2.75, 3.05) is 0 Å². The van der Waals surface area contributed by atoms with Gasteiger partial charge in [0.15, 0.2) is 0 Å². The van der Waals surface area contributed by atoms with Gasteiger partial charge in [0.25, 0.3) is 5.78 Å². The van der Waals surface area contributed by atoms with E-state index in [1.165, 1.54) is 0 Å². The predicted octanol–water partition coefficient (Wildman–Crippen LogP) is 2.05. The molecule has 1 rings (SSSR count). The van der Waals surface area contributed by atoms with Crippen LogP contribution in [0.25, 0.3) is 0 Å². The van der Waals surface area contributed by atoms with Gasteiger partial charge >= 0.3 is 5.97 Å². The predicted molar refractivity (Wildman–Crippen MR) is 58.9 cm³/mol. The lowest BCUT2D eigenvalue weighted by Crippen LogP contribution is -2.17. The van der Waals surface area contributed by atoms with Crippen LogP contribution in [0.4, 0.5) is 0 Å². The van der Waals surface area contributed by atoms with Crippen molar-refractivity contribution in [1.82, 2.24) is 0 Å². The van der Waals surface area contributed by atoms with Crippen LogP contribution in [-0.2, 0) is 4.79 Å². The highest BCUT2D eigenvalue weighted by molar-refractivity contribution is 6.40. The molecule has 0 aromatic heterocycles. The summed E-state index contributed by atoms with van der Waals surface area (Å²) in [6, 6.07) is 5.01. The molecule has 0 saturated heterocycles. The molecule has 1 aromatic carbocycles. The standard InChI is InChI=1S/C12H14O4/c1-7(2)16-9-6-4-5-8(3)10(9)11(13)12(14)15/h4-7H,1-3H3,(H,14,15). The van der Waals surface area contributed by atoms with E-state index < -0.39 is 11.8 Å². The number of carboxylic acid groups (broad SMARTS) is 1. The monoisotopic (exact) mass is 222 g/mol. The van der Waals surface area contributed by atoms with Crippen LogP contribution >= 0.6 is 0 Å². The van der Waals surface area contributed by atoms with Crippen LogP contribution in [0.15, 0.2) is 18.2 Å². The summed E-state index contributed by atoms with van der Waals surface area (Å²) in [4.78, 5) is 22.2. The highest BCUT2D eigenvalue weighted by Gasteiger charge is 2.21. The van der Waals surface area contributed by atoms with Crippen LogP contribution in [0, 0.1) is 6.92 Å². The molecule has 16 heavy (non-hydrogen) atoms.